The van der Waals surface area contributed by atoms with Crippen molar-refractivity contribution in [1.29, 1.82) is 0 Å². The lowest BCUT2D eigenvalue weighted by atomic mass is 9.96. The molecule has 2 aliphatic carbocycles. The van der Waals surface area contributed by atoms with Gasteiger partial charge in [0.1, 0.15) is 24.2 Å². The van der Waals surface area contributed by atoms with Crippen molar-refractivity contribution >= 4 is 35.7 Å². The Labute approximate surface area is 335 Å². The molecular formula is C40H63N9O8. The molecule has 3 unspecified atom stereocenters. The van der Waals surface area contributed by atoms with Crippen molar-refractivity contribution in [3.63, 3.8) is 0 Å². The molecule has 17 heteroatoms. The van der Waals surface area contributed by atoms with Crippen molar-refractivity contribution in [2.45, 2.75) is 119 Å². The number of nitrogens with one attached hydrogen (secondary N) is 2. The number of carbonyl (C=O) groups is 5. The third-order valence-corrected chi connectivity index (χ3v) is 12.1. The zero-order valence-corrected chi connectivity index (χ0v) is 33.2. The van der Waals surface area contributed by atoms with Crippen molar-refractivity contribution in [3.8, 4) is 0 Å². The fourth-order valence-electron chi connectivity index (χ4n) is 8.87. The molecule has 57 heavy (non-hydrogen) atoms. The van der Waals surface area contributed by atoms with Gasteiger partial charge < -0.3 is 57.5 Å². The molecule has 10 N–H and O–H groups in total. The Hall–Kier alpha value is -4.48. The highest BCUT2D eigenvalue weighted by atomic mass is 16.6. The summed E-state index contributed by atoms with van der Waals surface area (Å²) in [5.74, 6) is -1.81. The summed E-state index contributed by atoms with van der Waals surface area (Å²) in [5, 5.41) is 26.3. The van der Waals surface area contributed by atoms with Crippen LogP contribution in [-0.4, -0.2) is 143 Å². The standard InChI is InChI=1S/C40H63N9O8/c1-47(39(55)57-27-13-5-6-17-40(56)28(24-27)29(40)25-50)20-10-19-44-34(51)32-15-8-22-49(32)37(54)31(14-7-18-45-38(42)43)46-35(52)33-16-9-21-48(33)36(53)30(41)23-26-11-3-2-4-12-26/h2-4,11-12,27-33,50,56H,5-10,13-25,41H2,1H3,(H,44,51)(H,46,52)(H4,42,43,45)/t27-,28?,29?,30-,31+,32+,33+,40?/m1/s1. The number of likely N-dealkylation sites (tertiary alicyclic amines) is 2. The molecule has 1 aromatic carbocycles. The average molecular weight is 798 g/mol. The van der Waals surface area contributed by atoms with Crippen LogP contribution in [-0.2, 0) is 30.3 Å². The zero-order valence-electron chi connectivity index (χ0n) is 33.2. The second-order valence-corrected chi connectivity index (χ2v) is 16.1. The second kappa shape index (κ2) is 20.3. The molecule has 5 amide bonds. The number of aliphatic imine (C=N–C) groups is 1. The lowest BCUT2D eigenvalue weighted by molar-refractivity contribution is -0.143. The summed E-state index contributed by atoms with van der Waals surface area (Å²) in [5.41, 5.74) is 17.4. The maximum absolute atomic E-state index is 14.1. The molecule has 0 spiro atoms. The van der Waals surface area contributed by atoms with Crippen LogP contribution >= 0.6 is 0 Å². The molecule has 2 aliphatic heterocycles. The lowest BCUT2D eigenvalue weighted by Gasteiger charge is -2.31. The number of carbonyl (C=O) groups excluding carboxylic acids is 5. The van der Waals surface area contributed by atoms with Crippen molar-refractivity contribution in [1.82, 2.24) is 25.3 Å². The summed E-state index contributed by atoms with van der Waals surface area (Å²) in [6, 6.07) is 6.11. The van der Waals surface area contributed by atoms with E-state index in [2.05, 4.69) is 15.6 Å². The smallest absolute Gasteiger partial charge is 0.409 e. The van der Waals surface area contributed by atoms with E-state index in [4.69, 9.17) is 21.9 Å². The number of nitrogens with zero attached hydrogens (tertiary/aromatic N) is 4. The summed E-state index contributed by atoms with van der Waals surface area (Å²) in [4.78, 5) is 76.1. The van der Waals surface area contributed by atoms with Gasteiger partial charge in [0, 0.05) is 52.3 Å². The van der Waals surface area contributed by atoms with Crippen molar-refractivity contribution in [2.24, 2.45) is 34.0 Å². The van der Waals surface area contributed by atoms with Crippen molar-refractivity contribution in [3.05, 3.63) is 35.9 Å². The predicted molar refractivity (Wildman–Crippen MR) is 212 cm³/mol. The first-order chi connectivity index (χ1) is 27.3. The molecule has 17 nitrogen and oxygen atoms in total. The van der Waals surface area contributed by atoms with Gasteiger partial charge in [-0.3, -0.25) is 24.2 Å². The summed E-state index contributed by atoms with van der Waals surface area (Å²) in [7, 11) is 1.63. The first-order valence-corrected chi connectivity index (χ1v) is 20.6. The maximum atomic E-state index is 14.1. The predicted octanol–water partition coefficient (Wildman–Crippen LogP) is -0.0464. The third-order valence-electron chi connectivity index (χ3n) is 12.1. The van der Waals surface area contributed by atoms with Gasteiger partial charge >= 0.3 is 6.09 Å². The van der Waals surface area contributed by atoms with Gasteiger partial charge in [-0.1, -0.05) is 36.8 Å². The molecule has 4 aliphatic rings. The van der Waals surface area contributed by atoms with E-state index in [0.29, 0.717) is 83.8 Å². The van der Waals surface area contributed by atoms with E-state index in [9.17, 15) is 34.2 Å². The molecule has 1 aromatic rings. The number of aliphatic hydroxyl groups is 2. The number of nitrogens with two attached hydrogens (primary N) is 3. The minimum Gasteiger partial charge on any atom is -0.446 e. The van der Waals surface area contributed by atoms with Crippen LogP contribution in [0.25, 0.3) is 0 Å². The van der Waals surface area contributed by atoms with Crippen molar-refractivity contribution < 1.29 is 38.9 Å². The van der Waals surface area contributed by atoms with Gasteiger partial charge in [0.2, 0.25) is 23.6 Å². The van der Waals surface area contributed by atoms with E-state index in [0.717, 1.165) is 18.4 Å². The Kier molecular flexibility index (Phi) is 15.5. The fraction of sp³-hybridized carbons (Fsp3) is 0.700. The third kappa shape index (κ3) is 11.3. The molecule has 2 saturated heterocycles. The first kappa shape index (κ1) is 43.6. The average Bonchev–Trinajstić information content (AvgIpc) is 3.62. The molecule has 5 rings (SSSR count). The van der Waals surface area contributed by atoms with Crippen LogP contribution in [0.5, 0.6) is 0 Å². The number of guanidine groups is 1. The van der Waals surface area contributed by atoms with Gasteiger partial charge in [-0.2, -0.15) is 0 Å². The summed E-state index contributed by atoms with van der Waals surface area (Å²) < 4.78 is 5.79. The van der Waals surface area contributed by atoms with E-state index in [1.165, 1.54) is 14.7 Å². The molecular weight excluding hydrogens is 734 g/mol. The minimum absolute atomic E-state index is 0.0671. The van der Waals surface area contributed by atoms with E-state index in [1.54, 1.807) is 7.05 Å². The lowest BCUT2D eigenvalue weighted by Crippen LogP contribution is -2.57. The van der Waals surface area contributed by atoms with Crippen LogP contribution in [0.4, 0.5) is 4.79 Å². The Morgan fingerprint density at radius 3 is 2.33 bits per heavy atom. The number of hydrogen-bond donors (Lipinski definition) is 7. The fourth-order valence-corrected chi connectivity index (χ4v) is 8.87. The Balaban J connectivity index is 1.12. The van der Waals surface area contributed by atoms with Gasteiger partial charge in [0.15, 0.2) is 5.96 Å². The second-order valence-electron chi connectivity index (χ2n) is 16.1. The summed E-state index contributed by atoms with van der Waals surface area (Å²) in [6.45, 7) is 1.48. The zero-order chi connectivity index (χ0) is 41.1. The largest absolute Gasteiger partial charge is 0.446 e. The van der Waals surface area contributed by atoms with Crippen LogP contribution in [0.2, 0.25) is 0 Å². The normalized spacial score (nSPS) is 26.6. The van der Waals surface area contributed by atoms with Crippen LogP contribution < -0.4 is 27.8 Å². The van der Waals surface area contributed by atoms with Crippen LogP contribution in [0, 0.1) is 11.8 Å². The van der Waals surface area contributed by atoms with Gasteiger partial charge in [0.25, 0.3) is 0 Å². The molecule has 0 radical (unpaired) electrons. The van der Waals surface area contributed by atoms with Gasteiger partial charge in [-0.15, -0.1) is 0 Å². The molecule has 8 atom stereocenters. The van der Waals surface area contributed by atoms with Crippen molar-refractivity contribution in [2.75, 3.05) is 46.4 Å². The quantitative estimate of drug-likeness (QED) is 0.0625. The monoisotopic (exact) mass is 797 g/mol. The highest BCUT2D eigenvalue weighted by Crippen LogP contribution is 2.57. The molecule has 2 saturated carbocycles. The minimum atomic E-state index is -0.976. The molecule has 0 aromatic heterocycles. The van der Waals surface area contributed by atoms with Gasteiger partial charge in [-0.25, -0.2) is 4.79 Å². The number of benzene rings is 1. The number of ether oxygens (including phenoxy) is 1. The maximum Gasteiger partial charge on any atom is 0.409 e. The molecule has 0 bridgehead atoms. The van der Waals surface area contributed by atoms with Gasteiger partial charge in [0.05, 0.1) is 11.6 Å². The Morgan fingerprint density at radius 2 is 1.65 bits per heavy atom. The molecule has 316 valence electrons. The van der Waals surface area contributed by atoms with Crippen LogP contribution in [0.1, 0.15) is 82.6 Å². The van der Waals surface area contributed by atoms with E-state index < -0.39 is 47.7 Å². The summed E-state index contributed by atoms with van der Waals surface area (Å²) >= 11 is 0. The highest BCUT2D eigenvalue weighted by molar-refractivity contribution is 5.95. The van der Waals surface area contributed by atoms with E-state index in [1.807, 2.05) is 30.3 Å². The number of aliphatic hydroxyl groups excluding tert-OH is 1. The molecule has 2 heterocycles. The Bertz CT molecular complexity index is 1580. The SMILES string of the molecule is CN(CCCNC(=O)[C@@H]1CCCN1C(=O)[C@H](CCCN=C(N)N)NC(=O)[C@@H]1CCCN1C(=O)[C@H](N)Cc1ccccc1)C(=O)O[C@@H]1CCCCC2(O)C(CO)C2C1. The van der Waals surface area contributed by atoms with E-state index in [-0.39, 0.29) is 61.8 Å². The highest BCUT2D eigenvalue weighted by Gasteiger charge is 2.63. The van der Waals surface area contributed by atoms with Crippen LogP contribution in [0.3, 0.4) is 0 Å². The number of amides is 5. The first-order valence-electron chi connectivity index (χ1n) is 20.6. The van der Waals surface area contributed by atoms with Crippen LogP contribution in [0.15, 0.2) is 35.3 Å². The Morgan fingerprint density at radius 1 is 0.965 bits per heavy atom. The molecule has 4 fully saturated rings. The number of fused-ring (bicyclic) bond motifs is 1. The summed E-state index contributed by atoms with van der Waals surface area (Å²) in [6.07, 6.45) is 6.24. The number of rotatable bonds is 17. The van der Waals surface area contributed by atoms with E-state index >= 15 is 0 Å². The topological polar surface area (TPSA) is 259 Å². The number of hydrogen-bond acceptors (Lipinski definition) is 10. The van der Waals surface area contributed by atoms with Gasteiger partial charge in [-0.05, 0) is 88.5 Å².